The number of carboxylic acid groups (broad SMARTS) is 1. The number of nitrogens with zero attached hydrogens (tertiary/aromatic N) is 3. The Morgan fingerprint density at radius 1 is 1.27 bits per heavy atom. The van der Waals surface area contributed by atoms with E-state index in [2.05, 4.69) is 21.0 Å². The molecule has 1 saturated heterocycles. The van der Waals surface area contributed by atoms with E-state index in [1.165, 1.54) is 10.6 Å². The molecule has 140 valence electrons. The van der Waals surface area contributed by atoms with Crippen molar-refractivity contribution in [2.24, 2.45) is 5.92 Å². The molecule has 2 unspecified atom stereocenters. The van der Waals surface area contributed by atoms with E-state index in [0.717, 1.165) is 23.9 Å². The lowest BCUT2D eigenvalue weighted by Crippen LogP contribution is -2.30. The van der Waals surface area contributed by atoms with Gasteiger partial charge in [0.25, 0.3) is 0 Å². The lowest BCUT2D eigenvalue weighted by molar-refractivity contribution is -0.133. The molecule has 2 aromatic rings. The van der Waals surface area contributed by atoms with Crippen molar-refractivity contribution in [3.63, 3.8) is 0 Å². The van der Waals surface area contributed by atoms with Gasteiger partial charge in [0.15, 0.2) is 5.16 Å². The number of carboxylic acids is 1. The Kier molecular flexibility index (Phi) is 5.54. The summed E-state index contributed by atoms with van der Waals surface area (Å²) < 4.78 is 29.1. The highest BCUT2D eigenvalue weighted by atomic mass is 32.2. The van der Waals surface area contributed by atoms with E-state index in [-0.39, 0.29) is 34.6 Å². The van der Waals surface area contributed by atoms with Crippen LogP contribution in [0.4, 0.5) is 8.78 Å². The Bertz CT molecular complexity index is 806. The quantitative estimate of drug-likeness (QED) is 0.655. The summed E-state index contributed by atoms with van der Waals surface area (Å²) in [6.45, 7) is 4.06. The number of hydrogen-bond donors (Lipinski definition) is 3. The normalized spacial score (nSPS) is 22.7. The summed E-state index contributed by atoms with van der Waals surface area (Å²) in [4.78, 5) is 10.9. The van der Waals surface area contributed by atoms with Gasteiger partial charge < -0.3 is 5.11 Å². The van der Waals surface area contributed by atoms with Crippen molar-refractivity contribution in [1.82, 2.24) is 25.6 Å². The summed E-state index contributed by atoms with van der Waals surface area (Å²) in [6.07, 6.45) is 0.500. The Labute approximate surface area is 153 Å². The molecule has 0 bridgehead atoms. The maximum Gasteiger partial charge on any atom is 0.313 e. The van der Waals surface area contributed by atoms with Gasteiger partial charge in [-0.25, -0.2) is 8.78 Å². The monoisotopic (exact) mass is 383 g/mol. The molecule has 0 aliphatic carbocycles. The largest absolute Gasteiger partial charge is 0.481 e. The van der Waals surface area contributed by atoms with Gasteiger partial charge in [-0.15, -0.1) is 10.2 Å². The van der Waals surface area contributed by atoms with Crippen LogP contribution in [0.15, 0.2) is 23.4 Å². The minimum absolute atomic E-state index is 0.0958. The number of carbonyl (C=O) groups is 1. The number of hydrogen-bond acceptors (Lipinski definition) is 6. The molecule has 1 fully saturated rings. The molecule has 2 heterocycles. The number of hydrazine groups is 1. The van der Waals surface area contributed by atoms with Crippen LogP contribution in [0.1, 0.15) is 19.7 Å². The fraction of sp³-hybridized carbons (Fsp3) is 0.438. The van der Waals surface area contributed by atoms with Gasteiger partial charge in [0.1, 0.15) is 17.5 Å². The molecular weight excluding hydrogens is 364 g/mol. The van der Waals surface area contributed by atoms with Gasteiger partial charge in [-0.05, 0) is 31.9 Å². The standard InChI is InChI=1S/C16H19F2N5O2S/c1-8-11(9(2)20-19-8)6-14-21-22-16(26-7-15(24)25)23(14)13-4-3-10(17)5-12(13)18/h3-5,8-9,11,19-20H,6-7H2,1-2H3,(H,24,25). The van der Waals surface area contributed by atoms with E-state index < -0.39 is 17.6 Å². The van der Waals surface area contributed by atoms with Crippen molar-refractivity contribution < 1.29 is 18.7 Å². The highest BCUT2D eigenvalue weighted by Gasteiger charge is 2.32. The zero-order valence-electron chi connectivity index (χ0n) is 14.2. The van der Waals surface area contributed by atoms with Gasteiger partial charge in [0.2, 0.25) is 0 Å². The second kappa shape index (κ2) is 7.68. The van der Waals surface area contributed by atoms with Crippen LogP contribution in [0, 0.1) is 17.6 Å². The Morgan fingerprint density at radius 2 is 1.96 bits per heavy atom. The number of rotatable bonds is 6. The molecule has 1 aromatic heterocycles. The molecule has 0 radical (unpaired) electrons. The third-order valence-electron chi connectivity index (χ3n) is 4.42. The average Bonchev–Trinajstić information content (AvgIpc) is 3.11. The average molecular weight is 383 g/mol. The lowest BCUT2D eigenvalue weighted by Gasteiger charge is -2.18. The molecule has 0 amide bonds. The highest BCUT2D eigenvalue weighted by Crippen LogP contribution is 2.27. The van der Waals surface area contributed by atoms with Crippen molar-refractivity contribution >= 4 is 17.7 Å². The van der Waals surface area contributed by atoms with Crippen LogP contribution >= 0.6 is 11.8 Å². The van der Waals surface area contributed by atoms with Crippen molar-refractivity contribution in [3.05, 3.63) is 35.7 Å². The van der Waals surface area contributed by atoms with Gasteiger partial charge in [-0.1, -0.05) is 11.8 Å². The second-order valence-corrected chi connectivity index (χ2v) is 7.19. The molecular formula is C16H19F2N5O2S. The number of thioether (sulfide) groups is 1. The molecule has 2 atom stereocenters. The molecule has 10 heteroatoms. The minimum atomic E-state index is -1.02. The van der Waals surface area contributed by atoms with E-state index in [0.29, 0.717) is 12.2 Å². The van der Waals surface area contributed by atoms with Gasteiger partial charge in [0, 0.05) is 24.6 Å². The Balaban J connectivity index is 2.00. The predicted molar refractivity (Wildman–Crippen MR) is 92.0 cm³/mol. The van der Waals surface area contributed by atoms with Crippen LogP contribution in [0.5, 0.6) is 0 Å². The third kappa shape index (κ3) is 3.87. The van der Waals surface area contributed by atoms with Crippen molar-refractivity contribution in [2.75, 3.05) is 5.75 Å². The van der Waals surface area contributed by atoms with E-state index in [1.807, 2.05) is 13.8 Å². The summed E-state index contributed by atoms with van der Waals surface area (Å²) in [5, 5.41) is 17.4. The summed E-state index contributed by atoms with van der Waals surface area (Å²) in [6, 6.07) is 3.58. The molecule has 1 aliphatic rings. The fourth-order valence-corrected chi connectivity index (χ4v) is 3.72. The molecule has 26 heavy (non-hydrogen) atoms. The molecule has 1 aromatic carbocycles. The lowest BCUT2D eigenvalue weighted by atomic mass is 9.93. The van der Waals surface area contributed by atoms with Crippen LogP contribution in [0.25, 0.3) is 5.69 Å². The van der Waals surface area contributed by atoms with Gasteiger partial charge in [-0.3, -0.25) is 20.2 Å². The molecule has 7 nitrogen and oxygen atoms in total. The van der Waals surface area contributed by atoms with Crippen molar-refractivity contribution in [2.45, 2.75) is 37.5 Å². The molecule has 1 aliphatic heterocycles. The zero-order chi connectivity index (χ0) is 18.8. The van der Waals surface area contributed by atoms with Crippen LogP contribution in [0.2, 0.25) is 0 Å². The molecule has 3 N–H and O–H groups in total. The Hall–Kier alpha value is -2.04. The van der Waals surface area contributed by atoms with Crippen LogP contribution in [-0.4, -0.2) is 43.7 Å². The second-order valence-electron chi connectivity index (χ2n) is 6.25. The molecule has 0 spiro atoms. The van der Waals surface area contributed by atoms with Gasteiger partial charge >= 0.3 is 5.97 Å². The van der Waals surface area contributed by atoms with Crippen LogP contribution < -0.4 is 10.9 Å². The van der Waals surface area contributed by atoms with E-state index in [9.17, 15) is 13.6 Å². The third-order valence-corrected chi connectivity index (χ3v) is 5.33. The van der Waals surface area contributed by atoms with Crippen molar-refractivity contribution in [1.29, 1.82) is 0 Å². The predicted octanol–water partition coefficient (Wildman–Crippen LogP) is 1.77. The number of aromatic nitrogens is 3. The Morgan fingerprint density at radius 3 is 2.58 bits per heavy atom. The zero-order valence-corrected chi connectivity index (χ0v) is 15.1. The maximum absolute atomic E-state index is 14.4. The first-order chi connectivity index (χ1) is 12.4. The summed E-state index contributed by atoms with van der Waals surface area (Å²) in [5.74, 6) is -2.02. The number of halogens is 2. The van der Waals surface area contributed by atoms with Gasteiger partial charge in [0.05, 0.1) is 11.4 Å². The summed E-state index contributed by atoms with van der Waals surface area (Å²) >= 11 is 0.941. The fourth-order valence-electron chi connectivity index (χ4n) is 3.03. The highest BCUT2D eigenvalue weighted by molar-refractivity contribution is 7.99. The smallest absolute Gasteiger partial charge is 0.313 e. The topological polar surface area (TPSA) is 92.1 Å². The van der Waals surface area contributed by atoms with E-state index in [4.69, 9.17) is 5.11 Å². The van der Waals surface area contributed by atoms with E-state index >= 15 is 0 Å². The first kappa shape index (κ1) is 18.7. The first-order valence-electron chi connectivity index (χ1n) is 8.12. The molecule has 0 saturated carbocycles. The number of aliphatic carboxylic acids is 1. The summed E-state index contributed by atoms with van der Waals surface area (Å²) in [5.41, 5.74) is 6.40. The minimum Gasteiger partial charge on any atom is -0.481 e. The number of benzene rings is 1. The summed E-state index contributed by atoms with van der Waals surface area (Å²) in [7, 11) is 0. The van der Waals surface area contributed by atoms with E-state index in [1.54, 1.807) is 0 Å². The maximum atomic E-state index is 14.4. The molecule has 3 rings (SSSR count). The van der Waals surface area contributed by atoms with Crippen LogP contribution in [-0.2, 0) is 11.2 Å². The van der Waals surface area contributed by atoms with Crippen LogP contribution in [0.3, 0.4) is 0 Å². The number of nitrogens with one attached hydrogen (secondary N) is 2. The SMILES string of the molecule is CC1NNC(C)C1Cc1nnc(SCC(=O)O)n1-c1ccc(F)cc1F. The first-order valence-corrected chi connectivity index (χ1v) is 9.10. The van der Waals surface area contributed by atoms with Gasteiger partial charge in [-0.2, -0.15) is 0 Å². The van der Waals surface area contributed by atoms with Crippen molar-refractivity contribution in [3.8, 4) is 5.69 Å².